The number of methoxy groups -OCH3 is 1. The van der Waals surface area contributed by atoms with Gasteiger partial charge in [0.2, 0.25) is 0 Å². The van der Waals surface area contributed by atoms with Crippen LogP contribution in [0.5, 0.6) is 11.5 Å². The molecule has 0 saturated carbocycles. The molecule has 0 radical (unpaired) electrons. The maximum Gasteiger partial charge on any atom is 0.318 e. The Hall–Kier alpha value is -3.22. The van der Waals surface area contributed by atoms with Crippen LogP contribution in [0.15, 0.2) is 42.5 Å². The van der Waals surface area contributed by atoms with Crippen molar-refractivity contribution in [2.45, 2.75) is 6.92 Å². The van der Waals surface area contributed by atoms with E-state index in [4.69, 9.17) is 9.47 Å². The molecule has 0 heterocycles. The van der Waals surface area contributed by atoms with Crippen molar-refractivity contribution in [2.24, 2.45) is 0 Å². The number of amides is 3. The summed E-state index contributed by atoms with van der Waals surface area (Å²) >= 11 is 0. The molecule has 0 aromatic heterocycles. The van der Waals surface area contributed by atoms with Gasteiger partial charge in [-0.3, -0.25) is 4.79 Å². The molecule has 0 saturated heterocycles. The molecule has 2 rings (SSSR count). The summed E-state index contributed by atoms with van der Waals surface area (Å²) in [5, 5.41) is 7.91. The lowest BCUT2D eigenvalue weighted by atomic mass is 10.1. The molecule has 0 fully saturated rings. The first-order valence-corrected chi connectivity index (χ1v) is 7.78. The third-order valence-electron chi connectivity index (χ3n) is 3.35. The second-order valence-electron chi connectivity index (χ2n) is 5.03. The highest BCUT2D eigenvalue weighted by atomic mass is 16.5. The van der Waals surface area contributed by atoms with Crippen LogP contribution in [0.2, 0.25) is 0 Å². The molecular formula is C18H21N3O4. The minimum Gasteiger partial charge on any atom is -0.493 e. The number of benzene rings is 2. The second kappa shape index (κ2) is 8.58. The van der Waals surface area contributed by atoms with E-state index in [2.05, 4.69) is 16.0 Å². The first-order valence-electron chi connectivity index (χ1n) is 7.78. The molecule has 2 aromatic carbocycles. The van der Waals surface area contributed by atoms with E-state index in [1.54, 1.807) is 49.6 Å². The fourth-order valence-corrected chi connectivity index (χ4v) is 2.12. The quantitative estimate of drug-likeness (QED) is 0.752. The smallest absolute Gasteiger partial charge is 0.318 e. The van der Waals surface area contributed by atoms with Crippen LogP contribution in [0, 0.1) is 0 Å². The standard InChI is InChI=1S/C18H21N3O4/c1-4-25-16-11-12(5-10-15(16)24-3)17(22)20-13-6-8-14(9-7-13)21-18(23)19-2/h5-11H,4H2,1-3H3,(H,20,22)(H2,19,21,23). The highest BCUT2D eigenvalue weighted by molar-refractivity contribution is 6.04. The molecule has 3 N–H and O–H groups in total. The predicted molar refractivity (Wildman–Crippen MR) is 96.6 cm³/mol. The number of anilines is 2. The van der Waals surface area contributed by atoms with E-state index in [1.165, 1.54) is 7.05 Å². The molecular weight excluding hydrogens is 322 g/mol. The Morgan fingerprint density at radius 2 is 1.60 bits per heavy atom. The summed E-state index contributed by atoms with van der Waals surface area (Å²) in [6.45, 7) is 2.34. The van der Waals surface area contributed by atoms with Crippen LogP contribution in [0.4, 0.5) is 16.2 Å². The van der Waals surface area contributed by atoms with Gasteiger partial charge < -0.3 is 25.4 Å². The van der Waals surface area contributed by atoms with Gasteiger partial charge >= 0.3 is 6.03 Å². The van der Waals surface area contributed by atoms with E-state index >= 15 is 0 Å². The minimum absolute atomic E-state index is 0.268. The van der Waals surface area contributed by atoms with E-state index in [9.17, 15) is 9.59 Å². The van der Waals surface area contributed by atoms with E-state index in [1.807, 2.05) is 6.92 Å². The van der Waals surface area contributed by atoms with Crippen molar-refractivity contribution >= 4 is 23.3 Å². The highest BCUT2D eigenvalue weighted by Gasteiger charge is 2.11. The average molecular weight is 343 g/mol. The van der Waals surface area contributed by atoms with Gasteiger partial charge in [0.1, 0.15) is 0 Å². The molecule has 0 aliphatic carbocycles. The number of hydrogen-bond acceptors (Lipinski definition) is 4. The summed E-state index contributed by atoms with van der Waals surface area (Å²) in [5.74, 6) is 0.821. The molecule has 0 aliphatic heterocycles. The fraction of sp³-hybridized carbons (Fsp3) is 0.222. The van der Waals surface area contributed by atoms with Gasteiger partial charge in [-0.05, 0) is 49.4 Å². The van der Waals surface area contributed by atoms with Crippen molar-refractivity contribution in [2.75, 3.05) is 31.4 Å². The summed E-state index contributed by atoms with van der Waals surface area (Å²) in [6.07, 6.45) is 0. The molecule has 0 bridgehead atoms. The molecule has 2 aromatic rings. The lowest BCUT2D eigenvalue weighted by Gasteiger charge is -2.11. The summed E-state index contributed by atoms with van der Waals surface area (Å²) in [6, 6.07) is 11.5. The lowest BCUT2D eigenvalue weighted by molar-refractivity contribution is 0.102. The summed E-state index contributed by atoms with van der Waals surface area (Å²) in [5.41, 5.74) is 1.69. The first-order chi connectivity index (χ1) is 12.1. The molecule has 0 atom stereocenters. The van der Waals surface area contributed by atoms with Gasteiger partial charge in [0.25, 0.3) is 5.91 Å². The van der Waals surface area contributed by atoms with E-state index in [-0.39, 0.29) is 11.9 Å². The number of ether oxygens (including phenoxy) is 2. The molecule has 0 spiro atoms. The van der Waals surface area contributed by atoms with Crippen LogP contribution >= 0.6 is 0 Å². The zero-order valence-electron chi connectivity index (χ0n) is 14.4. The molecule has 0 unspecified atom stereocenters. The SMILES string of the molecule is CCOc1cc(C(=O)Nc2ccc(NC(=O)NC)cc2)ccc1OC. The van der Waals surface area contributed by atoms with Gasteiger partial charge in [-0.1, -0.05) is 0 Å². The molecule has 3 amide bonds. The Labute approximate surface area is 146 Å². The Balaban J connectivity index is 2.08. The molecule has 0 aliphatic rings. The normalized spacial score (nSPS) is 9.88. The summed E-state index contributed by atoms with van der Waals surface area (Å²) in [4.78, 5) is 23.6. The minimum atomic E-state index is -0.307. The number of nitrogens with one attached hydrogen (secondary N) is 3. The van der Waals surface area contributed by atoms with Crippen LogP contribution in [0.25, 0.3) is 0 Å². The molecule has 7 nitrogen and oxygen atoms in total. The van der Waals surface area contributed by atoms with Gasteiger partial charge in [0.05, 0.1) is 13.7 Å². The van der Waals surface area contributed by atoms with Crippen LogP contribution in [-0.2, 0) is 0 Å². The Kier molecular flexibility index (Phi) is 6.22. The zero-order valence-corrected chi connectivity index (χ0v) is 14.4. The fourth-order valence-electron chi connectivity index (χ4n) is 2.12. The Bertz CT molecular complexity index is 744. The van der Waals surface area contributed by atoms with Crippen molar-refractivity contribution in [1.29, 1.82) is 0 Å². The van der Waals surface area contributed by atoms with Crippen LogP contribution < -0.4 is 25.4 Å². The zero-order chi connectivity index (χ0) is 18.2. The maximum atomic E-state index is 12.4. The van der Waals surface area contributed by atoms with Crippen molar-refractivity contribution in [1.82, 2.24) is 5.32 Å². The van der Waals surface area contributed by atoms with E-state index < -0.39 is 0 Å². The van der Waals surface area contributed by atoms with Gasteiger partial charge in [-0.15, -0.1) is 0 Å². The van der Waals surface area contributed by atoms with Crippen molar-refractivity contribution in [3.05, 3.63) is 48.0 Å². The van der Waals surface area contributed by atoms with Crippen LogP contribution in [-0.4, -0.2) is 32.7 Å². The number of carbonyl (C=O) groups is 2. The van der Waals surface area contributed by atoms with Gasteiger partial charge in [0, 0.05) is 24.0 Å². The van der Waals surface area contributed by atoms with Gasteiger partial charge in [-0.25, -0.2) is 4.79 Å². The average Bonchev–Trinajstić information content (AvgIpc) is 2.63. The molecule has 25 heavy (non-hydrogen) atoms. The topological polar surface area (TPSA) is 88.7 Å². The third kappa shape index (κ3) is 4.87. The molecule has 7 heteroatoms. The summed E-state index contributed by atoms with van der Waals surface area (Å²) < 4.78 is 10.7. The van der Waals surface area contributed by atoms with Crippen molar-refractivity contribution in [3.63, 3.8) is 0 Å². The highest BCUT2D eigenvalue weighted by Crippen LogP contribution is 2.28. The van der Waals surface area contributed by atoms with Gasteiger partial charge in [-0.2, -0.15) is 0 Å². The number of carbonyl (C=O) groups excluding carboxylic acids is 2. The first kappa shape index (κ1) is 18.1. The maximum absolute atomic E-state index is 12.4. The Morgan fingerprint density at radius 3 is 2.16 bits per heavy atom. The largest absolute Gasteiger partial charge is 0.493 e. The van der Waals surface area contributed by atoms with Crippen molar-refractivity contribution < 1.29 is 19.1 Å². The van der Waals surface area contributed by atoms with Crippen molar-refractivity contribution in [3.8, 4) is 11.5 Å². The monoisotopic (exact) mass is 343 g/mol. The second-order valence-corrected chi connectivity index (χ2v) is 5.03. The van der Waals surface area contributed by atoms with E-state index in [0.717, 1.165) is 0 Å². The Morgan fingerprint density at radius 1 is 0.960 bits per heavy atom. The van der Waals surface area contributed by atoms with E-state index in [0.29, 0.717) is 35.0 Å². The lowest BCUT2D eigenvalue weighted by Crippen LogP contribution is -2.24. The third-order valence-corrected chi connectivity index (χ3v) is 3.35. The number of hydrogen-bond donors (Lipinski definition) is 3. The van der Waals surface area contributed by atoms with Crippen LogP contribution in [0.1, 0.15) is 17.3 Å². The summed E-state index contributed by atoms with van der Waals surface area (Å²) in [7, 11) is 3.08. The number of urea groups is 1. The van der Waals surface area contributed by atoms with Crippen LogP contribution in [0.3, 0.4) is 0 Å². The number of rotatable bonds is 6. The molecule has 132 valence electrons. The predicted octanol–water partition coefficient (Wildman–Crippen LogP) is 3.10. The van der Waals surface area contributed by atoms with Gasteiger partial charge in [0.15, 0.2) is 11.5 Å².